The third-order valence-corrected chi connectivity index (χ3v) is 4.23. The van der Waals surface area contributed by atoms with Gasteiger partial charge in [0.1, 0.15) is 0 Å². The number of amides is 2. The van der Waals surface area contributed by atoms with Crippen molar-refractivity contribution >= 4 is 12.0 Å². The van der Waals surface area contributed by atoms with Crippen molar-refractivity contribution in [3.8, 4) is 0 Å². The Balaban J connectivity index is 2.12. The summed E-state index contributed by atoms with van der Waals surface area (Å²) in [4.78, 5) is 27.9. The Morgan fingerprint density at radius 3 is 2.35 bits per heavy atom. The van der Waals surface area contributed by atoms with Crippen LogP contribution in [-0.2, 0) is 9.63 Å². The highest BCUT2D eigenvalue weighted by atomic mass is 16.7. The molecule has 17 heavy (non-hydrogen) atoms. The van der Waals surface area contributed by atoms with Crippen molar-refractivity contribution in [3.63, 3.8) is 0 Å². The summed E-state index contributed by atoms with van der Waals surface area (Å²) in [6, 6.07) is 0. The molecule has 6 nitrogen and oxygen atoms in total. The van der Waals surface area contributed by atoms with E-state index in [-0.39, 0.29) is 5.91 Å². The van der Waals surface area contributed by atoms with Crippen LogP contribution in [0, 0.1) is 5.41 Å². The molecule has 0 heterocycles. The number of hydrogen-bond donors (Lipinski definition) is 2. The minimum Gasteiger partial charge on any atom is -0.465 e. The van der Waals surface area contributed by atoms with Crippen LogP contribution in [0.25, 0.3) is 0 Å². The maximum atomic E-state index is 12.2. The van der Waals surface area contributed by atoms with Crippen LogP contribution in [0.2, 0.25) is 0 Å². The summed E-state index contributed by atoms with van der Waals surface area (Å²) in [5.74, 6) is -0.0356. The molecule has 0 saturated heterocycles. The van der Waals surface area contributed by atoms with Crippen LogP contribution in [0.5, 0.6) is 0 Å². The molecular weight excluding hydrogens is 224 g/mol. The van der Waals surface area contributed by atoms with Gasteiger partial charge in [0, 0.05) is 12.6 Å². The SMILES string of the molecule is CON(C)C(=O)C12CCC(NC(=O)O)(CC1)C2. The fourth-order valence-corrected chi connectivity index (χ4v) is 3.31. The van der Waals surface area contributed by atoms with Gasteiger partial charge < -0.3 is 10.4 Å². The molecule has 2 aliphatic carbocycles. The highest BCUT2D eigenvalue weighted by Gasteiger charge is 2.59. The van der Waals surface area contributed by atoms with Crippen LogP contribution >= 0.6 is 0 Å². The molecule has 0 spiro atoms. The van der Waals surface area contributed by atoms with Crippen LogP contribution in [0.15, 0.2) is 0 Å². The Labute approximate surface area is 99.9 Å². The van der Waals surface area contributed by atoms with E-state index in [1.807, 2.05) is 0 Å². The van der Waals surface area contributed by atoms with Gasteiger partial charge in [-0.15, -0.1) is 0 Å². The minimum atomic E-state index is -1.00. The van der Waals surface area contributed by atoms with E-state index in [0.29, 0.717) is 6.42 Å². The molecule has 2 rings (SSSR count). The second-order valence-corrected chi connectivity index (χ2v) is 5.15. The molecule has 0 aromatic rings. The van der Waals surface area contributed by atoms with E-state index in [0.717, 1.165) is 25.7 Å². The van der Waals surface area contributed by atoms with Gasteiger partial charge in [-0.1, -0.05) is 0 Å². The first kappa shape index (κ1) is 12.2. The van der Waals surface area contributed by atoms with Gasteiger partial charge in [0.05, 0.1) is 12.5 Å². The summed E-state index contributed by atoms with van der Waals surface area (Å²) in [5.41, 5.74) is -0.816. The number of carboxylic acid groups (broad SMARTS) is 1. The quantitative estimate of drug-likeness (QED) is 0.723. The molecule has 0 atom stereocenters. The molecule has 0 aliphatic heterocycles. The number of nitrogens with zero attached hydrogens (tertiary/aromatic N) is 1. The first-order valence-corrected chi connectivity index (χ1v) is 5.76. The predicted molar refractivity (Wildman–Crippen MR) is 59.2 cm³/mol. The lowest BCUT2D eigenvalue weighted by Crippen LogP contribution is -2.44. The lowest BCUT2D eigenvalue weighted by Gasteiger charge is -2.29. The fraction of sp³-hybridized carbons (Fsp3) is 0.818. The summed E-state index contributed by atoms with van der Waals surface area (Å²) in [7, 11) is 3.06. The van der Waals surface area contributed by atoms with E-state index >= 15 is 0 Å². The number of hydroxylamine groups is 2. The van der Waals surface area contributed by atoms with Crippen molar-refractivity contribution in [2.24, 2.45) is 5.41 Å². The Hall–Kier alpha value is -1.30. The summed E-state index contributed by atoms with van der Waals surface area (Å²) < 4.78 is 0. The minimum absolute atomic E-state index is 0.0356. The topological polar surface area (TPSA) is 78.9 Å². The number of carbonyl (C=O) groups excluding carboxylic acids is 1. The van der Waals surface area contributed by atoms with Crippen molar-refractivity contribution < 1.29 is 19.5 Å². The Kier molecular flexibility index (Phi) is 2.77. The number of nitrogens with one attached hydrogen (secondary N) is 1. The third kappa shape index (κ3) is 1.86. The van der Waals surface area contributed by atoms with E-state index in [1.165, 1.54) is 12.2 Å². The van der Waals surface area contributed by atoms with Crippen molar-refractivity contribution in [1.29, 1.82) is 0 Å². The Bertz CT molecular complexity index is 347. The van der Waals surface area contributed by atoms with Gasteiger partial charge in [-0.05, 0) is 32.1 Å². The maximum Gasteiger partial charge on any atom is 0.405 e. The number of fused-ring (bicyclic) bond motifs is 2. The molecular formula is C11H18N2O4. The Morgan fingerprint density at radius 1 is 1.29 bits per heavy atom. The third-order valence-electron chi connectivity index (χ3n) is 4.23. The molecule has 0 aromatic heterocycles. The molecule has 96 valence electrons. The normalized spacial score (nSPS) is 34.7. The van der Waals surface area contributed by atoms with Gasteiger partial charge in [-0.25, -0.2) is 9.86 Å². The molecule has 2 bridgehead atoms. The van der Waals surface area contributed by atoms with E-state index in [1.54, 1.807) is 7.05 Å². The van der Waals surface area contributed by atoms with E-state index < -0.39 is 17.0 Å². The molecule has 2 amide bonds. The molecule has 2 fully saturated rings. The van der Waals surface area contributed by atoms with Gasteiger partial charge in [0.25, 0.3) is 5.91 Å². The number of hydrogen-bond acceptors (Lipinski definition) is 3. The van der Waals surface area contributed by atoms with Crippen molar-refractivity contribution in [1.82, 2.24) is 10.4 Å². The van der Waals surface area contributed by atoms with E-state index in [4.69, 9.17) is 9.94 Å². The summed E-state index contributed by atoms with van der Waals surface area (Å²) >= 11 is 0. The smallest absolute Gasteiger partial charge is 0.405 e. The van der Waals surface area contributed by atoms with Gasteiger partial charge >= 0.3 is 6.09 Å². The van der Waals surface area contributed by atoms with E-state index in [9.17, 15) is 9.59 Å². The molecule has 0 aromatic carbocycles. The zero-order valence-electron chi connectivity index (χ0n) is 10.2. The van der Waals surface area contributed by atoms with Crippen LogP contribution in [0.4, 0.5) is 4.79 Å². The van der Waals surface area contributed by atoms with Crippen LogP contribution < -0.4 is 5.32 Å². The van der Waals surface area contributed by atoms with Crippen molar-refractivity contribution in [2.75, 3.05) is 14.2 Å². The molecule has 0 radical (unpaired) electrons. The lowest BCUT2D eigenvalue weighted by atomic mass is 9.83. The van der Waals surface area contributed by atoms with Gasteiger partial charge in [-0.3, -0.25) is 9.63 Å². The fourth-order valence-electron chi connectivity index (χ4n) is 3.31. The molecule has 0 unspecified atom stereocenters. The summed E-state index contributed by atoms with van der Waals surface area (Å²) in [6.45, 7) is 0. The first-order chi connectivity index (χ1) is 7.93. The first-order valence-electron chi connectivity index (χ1n) is 5.76. The number of carbonyl (C=O) groups is 2. The monoisotopic (exact) mass is 242 g/mol. The largest absolute Gasteiger partial charge is 0.465 e. The lowest BCUT2D eigenvalue weighted by molar-refractivity contribution is -0.180. The van der Waals surface area contributed by atoms with Crippen LogP contribution in [-0.4, -0.2) is 41.9 Å². The highest BCUT2D eigenvalue weighted by Crippen LogP contribution is 2.57. The number of rotatable bonds is 3. The van der Waals surface area contributed by atoms with Gasteiger partial charge in [0.15, 0.2) is 0 Å². The second kappa shape index (κ2) is 3.87. The van der Waals surface area contributed by atoms with Crippen molar-refractivity contribution in [2.45, 2.75) is 37.6 Å². The predicted octanol–water partition coefficient (Wildman–Crippen LogP) is 0.977. The molecule has 2 N–H and O–H groups in total. The van der Waals surface area contributed by atoms with Gasteiger partial charge in [-0.2, -0.15) is 0 Å². The summed E-state index contributed by atoms with van der Waals surface area (Å²) in [6.07, 6.45) is 2.54. The standard InChI is InChI=1S/C11H18N2O4/c1-13(17-2)8(14)10-3-5-11(7-10,6-4-10)12-9(15)16/h12H,3-7H2,1-2H3,(H,15,16). The highest BCUT2D eigenvalue weighted by molar-refractivity contribution is 5.83. The molecule has 6 heteroatoms. The zero-order chi connectivity index (χ0) is 12.7. The van der Waals surface area contributed by atoms with E-state index in [2.05, 4.69) is 5.32 Å². The maximum absolute atomic E-state index is 12.2. The second-order valence-electron chi connectivity index (χ2n) is 5.15. The molecule has 2 aliphatic rings. The zero-order valence-corrected chi connectivity index (χ0v) is 10.2. The average molecular weight is 242 g/mol. The van der Waals surface area contributed by atoms with Crippen LogP contribution in [0.3, 0.4) is 0 Å². The van der Waals surface area contributed by atoms with Gasteiger partial charge in [0.2, 0.25) is 0 Å². The van der Waals surface area contributed by atoms with Crippen LogP contribution in [0.1, 0.15) is 32.1 Å². The molecule has 2 saturated carbocycles. The van der Waals surface area contributed by atoms with Crippen molar-refractivity contribution in [3.05, 3.63) is 0 Å². The Morgan fingerprint density at radius 2 is 1.88 bits per heavy atom. The summed E-state index contributed by atoms with van der Waals surface area (Å²) in [5, 5.41) is 12.7. The average Bonchev–Trinajstić information content (AvgIpc) is 2.82.